The summed E-state index contributed by atoms with van der Waals surface area (Å²) in [5.41, 5.74) is 1.00. The van der Waals surface area contributed by atoms with Gasteiger partial charge in [-0.05, 0) is 23.8 Å². The van der Waals surface area contributed by atoms with E-state index in [0.717, 1.165) is 10.5 Å². The van der Waals surface area contributed by atoms with Gasteiger partial charge in [0.2, 0.25) is 0 Å². The third-order valence-corrected chi connectivity index (χ3v) is 3.61. The smallest absolute Gasteiger partial charge is 0.124 e. The van der Waals surface area contributed by atoms with Crippen molar-refractivity contribution in [3.63, 3.8) is 0 Å². The first-order valence-corrected chi connectivity index (χ1v) is 6.66. The molecule has 0 aliphatic carbocycles. The van der Waals surface area contributed by atoms with E-state index in [9.17, 15) is 9.50 Å². The van der Waals surface area contributed by atoms with Crippen molar-refractivity contribution in [3.05, 3.63) is 48.0 Å². The molecule has 1 heterocycles. The summed E-state index contributed by atoms with van der Waals surface area (Å²) in [6.45, 7) is 0. The molecule has 1 atom stereocenters. The van der Waals surface area contributed by atoms with E-state index in [2.05, 4.69) is 5.10 Å². The molecule has 1 unspecified atom stereocenters. The van der Waals surface area contributed by atoms with E-state index >= 15 is 0 Å². The highest BCUT2D eigenvalue weighted by Crippen LogP contribution is 2.20. The van der Waals surface area contributed by atoms with Gasteiger partial charge in [-0.1, -0.05) is 6.07 Å². The normalized spacial score (nSPS) is 12.6. The summed E-state index contributed by atoms with van der Waals surface area (Å²) in [5.74, 6) is 0.292. The summed E-state index contributed by atoms with van der Waals surface area (Å²) in [4.78, 5) is 0.834. The van der Waals surface area contributed by atoms with Crippen LogP contribution in [0.25, 0.3) is 0 Å². The van der Waals surface area contributed by atoms with Gasteiger partial charge in [0.25, 0.3) is 0 Å². The highest BCUT2D eigenvalue weighted by molar-refractivity contribution is 7.99. The Labute approximate surface area is 110 Å². The number of aryl methyl sites for hydroxylation is 1. The predicted molar refractivity (Wildman–Crippen MR) is 70.0 cm³/mol. The Bertz CT molecular complexity index is 515. The second-order valence-electron chi connectivity index (χ2n) is 4.15. The van der Waals surface area contributed by atoms with E-state index in [1.807, 2.05) is 19.3 Å². The lowest BCUT2D eigenvalue weighted by atomic mass is 10.2. The average molecular weight is 266 g/mol. The molecule has 1 aromatic heterocycles. The van der Waals surface area contributed by atoms with Gasteiger partial charge in [0.15, 0.2) is 0 Å². The quantitative estimate of drug-likeness (QED) is 0.844. The maximum Gasteiger partial charge on any atom is 0.124 e. The fourth-order valence-electron chi connectivity index (χ4n) is 1.66. The van der Waals surface area contributed by atoms with Crippen LogP contribution in [0.2, 0.25) is 0 Å². The fraction of sp³-hybridized carbons (Fsp3) is 0.308. The number of aliphatic hydroxyl groups is 1. The lowest BCUT2D eigenvalue weighted by Crippen LogP contribution is -2.13. The van der Waals surface area contributed by atoms with Crippen molar-refractivity contribution in [3.8, 4) is 0 Å². The number of aliphatic hydroxyl groups excluding tert-OH is 1. The van der Waals surface area contributed by atoms with Crippen molar-refractivity contribution in [2.45, 2.75) is 17.4 Å². The van der Waals surface area contributed by atoms with Crippen LogP contribution in [0.3, 0.4) is 0 Å². The molecule has 2 aromatic rings. The van der Waals surface area contributed by atoms with Gasteiger partial charge in [0.1, 0.15) is 5.82 Å². The average Bonchev–Trinajstić information content (AvgIpc) is 2.72. The minimum atomic E-state index is -0.456. The van der Waals surface area contributed by atoms with E-state index in [0.29, 0.717) is 12.2 Å². The van der Waals surface area contributed by atoms with Crippen molar-refractivity contribution < 1.29 is 9.50 Å². The summed E-state index contributed by atoms with van der Waals surface area (Å²) in [5, 5.41) is 13.9. The fourth-order valence-corrected chi connectivity index (χ4v) is 2.53. The van der Waals surface area contributed by atoms with Gasteiger partial charge in [-0.25, -0.2) is 4.39 Å². The van der Waals surface area contributed by atoms with Crippen LogP contribution in [0, 0.1) is 5.82 Å². The monoisotopic (exact) mass is 266 g/mol. The zero-order chi connectivity index (χ0) is 13.0. The summed E-state index contributed by atoms with van der Waals surface area (Å²) in [6, 6.07) is 6.40. The van der Waals surface area contributed by atoms with Crippen LogP contribution in [0.4, 0.5) is 4.39 Å². The minimum absolute atomic E-state index is 0.248. The Kier molecular flexibility index (Phi) is 4.38. The van der Waals surface area contributed by atoms with Crippen LogP contribution < -0.4 is 0 Å². The van der Waals surface area contributed by atoms with Gasteiger partial charge in [0, 0.05) is 30.3 Å². The number of nitrogens with zero attached hydrogens (tertiary/aromatic N) is 2. The zero-order valence-corrected chi connectivity index (χ0v) is 10.9. The molecule has 1 N–H and O–H groups in total. The molecule has 18 heavy (non-hydrogen) atoms. The van der Waals surface area contributed by atoms with E-state index in [1.54, 1.807) is 16.9 Å². The molecule has 0 bridgehead atoms. The first-order valence-electron chi connectivity index (χ1n) is 5.67. The molecule has 3 nitrogen and oxygen atoms in total. The number of halogens is 1. The van der Waals surface area contributed by atoms with Crippen LogP contribution in [-0.4, -0.2) is 26.7 Å². The van der Waals surface area contributed by atoms with Crippen LogP contribution in [-0.2, 0) is 13.5 Å². The first-order chi connectivity index (χ1) is 8.63. The maximum atomic E-state index is 13.0. The Morgan fingerprint density at radius 3 is 3.00 bits per heavy atom. The van der Waals surface area contributed by atoms with Gasteiger partial charge in [-0.3, -0.25) is 4.68 Å². The Balaban J connectivity index is 1.83. The van der Waals surface area contributed by atoms with E-state index in [-0.39, 0.29) is 5.82 Å². The highest BCUT2D eigenvalue weighted by Gasteiger charge is 2.08. The Hall–Kier alpha value is -1.33. The number of hydrogen-bond acceptors (Lipinski definition) is 3. The van der Waals surface area contributed by atoms with E-state index in [1.165, 1.54) is 23.9 Å². The lowest BCUT2D eigenvalue weighted by Gasteiger charge is -2.08. The van der Waals surface area contributed by atoms with Gasteiger partial charge in [-0.15, -0.1) is 11.8 Å². The minimum Gasteiger partial charge on any atom is -0.392 e. The topological polar surface area (TPSA) is 38.0 Å². The van der Waals surface area contributed by atoms with Crippen LogP contribution in [0.1, 0.15) is 5.56 Å². The molecule has 0 aliphatic rings. The third-order valence-electron chi connectivity index (χ3n) is 2.47. The lowest BCUT2D eigenvalue weighted by molar-refractivity contribution is 0.200. The predicted octanol–water partition coefficient (Wildman–Crippen LogP) is 2.25. The second kappa shape index (κ2) is 6.02. The number of aromatic nitrogens is 2. The van der Waals surface area contributed by atoms with Crippen molar-refractivity contribution in [1.82, 2.24) is 9.78 Å². The second-order valence-corrected chi connectivity index (χ2v) is 5.24. The summed E-state index contributed by atoms with van der Waals surface area (Å²) >= 11 is 1.45. The number of thioether (sulfide) groups is 1. The molecule has 0 aliphatic heterocycles. The molecule has 1 aromatic carbocycles. The maximum absolute atomic E-state index is 13.0. The SMILES string of the molecule is Cn1cc(CC(O)CSc2cccc(F)c2)cn1. The first kappa shape index (κ1) is 13.1. The third kappa shape index (κ3) is 3.85. The number of benzene rings is 1. The molecule has 0 amide bonds. The molecular weight excluding hydrogens is 251 g/mol. The number of hydrogen-bond donors (Lipinski definition) is 1. The van der Waals surface area contributed by atoms with Crippen molar-refractivity contribution >= 4 is 11.8 Å². The largest absolute Gasteiger partial charge is 0.392 e. The van der Waals surface area contributed by atoms with Gasteiger partial charge in [0.05, 0.1) is 12.3 Å². The molecule has 0 spiro atoms. The zero-order valence-electron chi connectivity index (χ0n) is 10.1. The summed E-state index contributed by atoms with van der Waals surface area (Å²) in [6.07, 6.45) is 3.74. The summed E-state index contributed by atoms with van der Waals surface area (Å²) < 4.78 is 14.7. The van der Waals surface area contributed by atoms with Crippen molar-refractivity contribution in [1.29, 1.82) is 0 Å². The standard InChI is InChI=1S/C13H15FN2OS/c1-16-8-10(7-15-16)5-12(17)9-18-13-4-2-3-11(14)6-13/h2-4,6-8,12,17H,5,9H2,1H3. The molecule has 0 fully saturated rings. The molecule has 5 heteroatoms. The van der Waals surface area contributed by atoms with Crippen molar-refractivity contribution in [2.75, 3.05) is 5.75 Å². The molecule has 0 saturated heterocycles. The van der Waals surface area contributed by atoms with Crippen LogP contribution in [0.5, 0.6) is 0 Å². The molecular formula is C13H15FN2OS. The van der Waals surface area contributed by atoms with Crippen LogP contribution in [0.15, 0.2) is 41.6 Å². The highest BCUT2D eigenvalue weighted by atomic mass is 32.2. The Morgan fingerprint density at radius 2 is 2.33 bits per heavy atom. The molecule has 2 rings (SSSR count). The molecule has 0 saturated carbocycles. The van der Waals surface area contributed by atoms with Gasteiger partial charge >= 0.3 is 0 Å². The summed E-state index contributed by atoms with van der Waals surface area (Å²) in [7, 11) is 1.84. The van der Waals surface area contributed by atoms with Gasteiger partial charge in [-0.2, -0.15) is 5.10 Å². The van der Waals surface area contributed by atoms with E-state index in [4.69, 9.17) is 0 Å². The molecule has 96 valence electrons. The van der Waals surface area contributed by atoms with Gasteiger partial charge < -0.3 is 5.11 Å². The van der Waals surface area contributed by atoms with E-state index < -0.39 is 6.10 Å². The molecule has 0 radical (unpaired) electrons. The number of rotatable bonds is 5. The van der Waals surface area contributed by atoms with Crippen molar-refractivity contribution in [2.24, 2.45) is 7.05 Å². The Morgan fingerprint density at radius 1 is 1.50 bits per heavy atom. The van der Waals surface area contributed by atoms with Crippen LogP contribution >= 0.6 is 11.8 Å².